The molecule has 3 rings (SSSR count). The standard InChI is InChI=1S/C18H18N4O2/c1-14-7-8-16(17(11-14)22(23)24)20-12-18-19-9-10-21(18)13-15-5-3-2-4-6-15/h2-11,20H,12-13H2,1H3. The fourth-order valence-electron chi connectivity index (χ4n) is 2.55. The molecule has 0 radical (unpaired) electrons. The molecule has 1 heterocycles. The number of rotatable bonds is 6. The Labute approximate surface area is 139 Å². The van der Waals surface area contributed by atoms with Crippen molar-refractivity contribution in [3.8, 4) is 0 Å². The van der Waals surface area contributed by atoms with Crippen LogP contribution in [-0.4, -0.2) is 14.5 Å². The molecule has 6 nitrogen and oxygen atoms in total. The number of hydrogen-bond acceptors (Lipinski definition) is 4. The molecule has 1 N–H and O–H groups in total. The number of aryl methyl sites for hydroxylation is 1. The van der Waals surface area contributed by atoms with Crippen LogP contribution >= 0.6 is 0 Å². The van der Waals surface area contributed by atoms with Crippen LogP contribution in [0.4, 0.5) is 11.4 Å². The largest absolute Gasteiger partial charge is 0.372 e. The van der Waals surface area contributed by atoms with Crippen LogP contribution in [0.5, 0.6) is 0 Å². The molecule has 3 aromatic rings. The lowest BCUT2D eigenvalue weighted by Gasteiger charge is -2.10. The summed E-state index contributed by atoms with van der Waals surface area (Å²) in [6.07, 6.45) is 3.65. The lowest BCUT2D eigenvalue weighted by atomic mass is 10.2. The quantitative estimate of drug-likeness (QED) is 0.554. The molecule has 122 valence electrons. The predicted molar refractivity (Wildman–Crippen MR) is 92.9 cm³/mol. The number of hydrogen-bond donors (Lipinski definition) is 1. The summed E-state index contributed by atoms with van der Waals surface area (Å²) in [6, 6.07) is 15.3. The highest BCUT2D eigenvalue weighted by molar-refractivity contribution is 5.62. The molecule has 0 saturated heterocycles. The van der Waals surface area contributed by atoms with E-state index in [2.05, 4.69) is 22.4 Å². The Balaban J connectivity index is 1.75. The molecule has 6 heteroatoms. The van der Waals surface area contributed by atoms with Crippen LogP contribution in [0.2, 0.25) is 0 Å². The van der Waals surface area contributed by atoms with Crippen molar-refractivity contribution < 1.29 is 4.92 Å². The van der Waals surface area contributed by atoms with Crippen molar-refractivity contribution in [2.75, 3.05) is 5.32 Å². The molecule has 0 aliphatic rings. The summed E-state index contributed by atoms with van der Waals surface area (Å²) < 4.78 is 2.03. The summed E-state index contributed by atoms with van der Waals surface area (Å²) in [5, 5.41) is 14.3. The monoisotopic (exact) mass is 322 g/mol. The van der Waals surface area contributed by atoms with Gasteiger partial charge in [-0.1, -0.05) is 36.4 Å². The number of anilines is 1. The summed E-state index contributed by atoms with van der Waals surface area (Å²) >= 11 is 0. The van der Waals surface area contributed by atoms with Crippen molar-refractivity contribution in [1.29, 1.82) is 0 Å². The molecule has 0 aliphatic heterocycles. The van der Waals surface area contributed by atoms with Gasteiger partial charge in [-0.25, -0.2) is 4.98 Å². The molecule has 0 unspecified atom stereocenters. The number of nitro benzene ring substituents is 1. The van der Waals surface area contributed by atoms with Gasteiger partial charge in [0.05, 0.1) is 11.5 Å². The Morgan fingerprint density at radius 1 is 1.21 bits per heavy atom. The van der Waals surface area contributed by atoms with Crippen molar-refractivity contribution >= 4 is 11.4 Å². The number of nitrogens with one attached hydrogen (secondary N) is 1. The van der Waals surface area contributed by atoms with Gasteiger partial charge in [-0.05, 0) is 24.1 Å². The second-order valence-electron chi connectivity index (χ2n) is 5.59. The summed E-state index contributed by atoms with van der Waals surface area (Å²) in [7, 11) is 0. The molecule has 0 bridgehead atoms. The topological polar surface area (TPSA) is 73.0 Å². The van der Waals surface area contributed by atoms with E-state index in [4.69, 9.17) is 0 Å². The van der Waals surface area contributed by atoms with E-state index in [0.717, 1.165) is 11.4 Å². The molecule has 0 spiro atoms. The highest BCUT2D eigenvalue weighted by Gasteiger charge is 2.14. The van der Waals surface area contributed by atoms with Crippen molar-refractivity contribution in [2.24, 2.45) is 0 Å². The fraction of sp³-hybridized carbons (Fsp3) is 0.167. The fourth-order valence-corrected chi connectivity index (χ4v) is 2.55. The minimum Gasteiger partial charge on any atom is -0.372 e. The summed E-state index contributed by atoms with van der Waals surface area (Å²) in [5.41, 5.74) is 2.62. The second kappa shape index (κ2) is 6.95. The normalized spacial score (nSPS) is 10.5. The maximum atomic E-state index is 11.2. The molecular formula is C18H18N4O2. The van der Waals surface area contributed by atoms with Gasteiger partial charge in [0.1, 0.15) is 11.5 Å². The van der Waals surface area contributed by atoms with E-state index in [0.29, 0.717) is 18.8 Å². The molecule has 0 atom stereocenters. The lowest BCUT2D eigenvalue weighted by Crippen LogP contribution is -2.10. The van der Waals surface area contributed by atoms with Gasteiger partial charge < -0.3 is 9.88 Å². The van der Waals surface area contributed by atoms with Crippen LogP contribution < -0.4 is 5.32 Å². The summed E-state index contributed by atoms with van der Waals surface area (Å²) in [6.45, 7) is 2.97. The first-order valence-corrected chi connectivity index (χ1v) is 7.66. The van der Waals surface area contributed by atoms with Gasteiger partial charge in [-0.15, -0.1) is 0 Å². The molecule has 2 aromatic carbocycles. The molecule has 0 saturated carbocycles. The average Bonchev–Trinajstić information content (AvgIpc) is 3.01. The maximum absolute atomic E-state index is 11.2. The average molecular weight is 322 g/mol. The Bertz CT molecular complexity index is 843. The Morgan fingerprint density at radius 2 is 2.00 bits per heavy atom. The first-order valence-electron chi connectivity index (χ1n) is 7.66. The van der Waals surface area contributed by atoms with Gasteiger partial charge in [0.15, 0.2) is 0 Å². The van der Waals surface area contributed by atoms with E-state index in [9.17, 15) is 10.1 Å². The number of benzene rings is 2. The third-order valence-corrected chi connectivity index (χ3v) is 3.78. The zero-order chi connectivity index (χ0) is 16.9. The Kier molecular flexibility index (Phi) is 4.56. The van der Waals surface area contributed by atoms with E-state index in [1.54, 1.807) is 18.3 Å². The van der Waals surface area contributed by atoms with Gasteiger partial charge in [0, 0.05) is 25.0 Å². The van der Waals surface area contributed by atoms with Crippen molar-refractivity contribution in [2.45, 2.75) is 20.0 Å². The molecular weight excluding hydrogens is 304 g/mol. The van der Waals surface area contributed by atoms with E-state index in [1.165, 1.54) is 5.56 Å². The van der Waals surface area contributed by atoms with E-state index < -0.39 is 0 Å². The third kappa shape index (κ3) is 3.60. The van der Waals surface area contributed by atoms with E-state index in [1.807, 2.05) is 42.0 Å². The smallest absolute Gasteiger partial charge is 0.292 e. The van der Waals surface area contributed by atoms with Gasteiger partial charge in [0.2, 0.25) is 0 Å². The SMILES string of the molecule is Cc1ccc(NCc2nccn2Cc2ccccc2)c([N+](=O)[O-])c1. The molecule has 0 fully saturated rings. The Hall–Kier alpha value is -3.15. The minimum atomic E-state index is -0.369. The molecule has 1 aromatic heterocycles. The van der Waals surface area contributed by atoms with Crippen LogP contribution in [-0.2, 0) is 13.1 Å². The number of aromatic nitrogens is 2. The minimum absolute atomic E-state index is 0.0798. The van der Waals surface area contributed by atoms with Crippen LogP contribution in [0, 0.1) is 17.0 Å². The van der Waals surface area contributed by atoms with E-state index in [-0.39, 0.29) is 10.6 Å². The lowest BCUT2D eigenvalue weighted by molar-refractivity contribution is -0.384. The Morgan fingerprint density at radius 3 is 2.75 bits per heavy atom. The summed E-state index contributed by atoms with van der Waals surface area (Å²) in [5.74, 6) is 0.828. The summed E-state index contributed by atoms with van der Waals surface area (Å²) in [4.78, 5) is 15.2. The van der Waals surface area contributed by atoms with Crippen molar-refractivity contribution in [1.82, 2.24) is 9.55 Å². The predicted octanol–water partition coefficient (Wildman–Crippen LogP) is 3.76. The number of nitro groups is 1. The molecule has 24 heavy (non-hydrogen) atoms. The highest BCUT2D eigenvalue weighted by atomic mass is 16.6. The third-order valence-electron chi connectivity index (χ3n) is 3.78. The van der Waals surface area contributed by atoms with Gasteiger partial charge in [-0.2, -0.15) is 0 Å². The van der Waals surface area contributed by atoms with Crippen LogP contribution in [0.25, 0.3) is 0 Å². The number of nitrogens with zero attached hydrogens (tertiary/aromatic N) is 3. The van der Waals surface area contributed by atoms with Gasteiger partial charge in [0.25, 0.3) is 5.69 Å². The second-order valence-corrected chi connectivity index (χ2v) is 5.59. The zero-order valence-corrected chi connectivity index (χ0v) is 13.3. The first kappa shape index (κ1) is 15.7. The highest BCUT2D eigenvalue weighted by Crippen LogP contribution is 2.25. The zero-order valence-electron chi connectivity index (χ0n) is 13.3. The van der Waals surface area contributed by atoms with Crippen LogP contribution in [0.1, 0.15) is 17.0 Å². The maximum Gasteiger partial charge on any atom is 0.292 e. The molecule has 0 amide bonds. The first-order chi connectivity index (χ1) is 11.6. The van der Waals surface area contributed by atoms with Crippen molar-refractivity contribution in [3.63, 3.8) is 0 Å². The molecule has 0 aliphatic carbocycles. The van der Waals surface area contributed by atoms with Crippen LogP contribution in [0.3, 0.4) is 0 Å². The van der Waals surface area contributed by atoms with Gasteiger partial charge >= 0.3 is 0 Å². The van der Waals surface area contributed by atoms with Gasteiger partial charge in [-0.3, -0.25) is 10.1 Å². The van der Waals surface area contributed by atoms with Crippen molar-refractivity contribution in [3.05, 3.63) is 88.0 Å². The number of imidazole rings is 1. The van der Waals surface area contributed by atoms with E-state index >= 15 is 0 Å². The van der Waals surface area contributed by atoms with Crippen LogP contribution in [0.15, 0.2) is 60.9 Å².